The summed E-state index contributed by atoms with van der Waals surface area (Å²) >= 11 is 0. The van der Waals surface area contributed by atoms with Crippen molar-refractivity contribution >= 4 is 5.97 Å². The Labute approximate surface area is 154 Å². The number of halogens is 4. The quantitative estimate of drug-likeness (QED) is 0.334. The second kappa shape index (κ2) is 7.98. The Morgan fingerprint density at radius 2 is 1.52 bits per heavy atom. The lowest BCUT2D eigenvalue weighted by atomic mass is 10.0. The lowest BCUT2D eigenvalue weighted by molar-refractivity contribution is -0.147. The van der Waals surface area contributed by atoms with E-state index in [9.17, 15) is 27.5 Å². The van der Waals surface area contributed by atoms with Crippen LogP contribution in [0.15, 0.2) is 11.6 Å². The van der Waals surface area contributed by atoms with Crippen LogP contribution in [0.5, 0.6) is 0 Å². The molecular weight excluding hydrogens is 368 g/mol. The van der Waals surface area contributed by atoms with Crippen LogP contribution in [0.3, 0.4) is 0 Å². The molecule has 0 heterocycles. The molecule has 0 aromatic heterocycles. The summed E-state index contributed by atoms with van der Waals surface area (Å²) in [5, 5.41) is 9.37. The number of rotatable bonds is 7. The van der Waals surface area contributed by atoms with E-state index >= 15 is 0 Å². The smallest absolute Gasteiger partial charge is 0.310 e. The first kappa shape index (κ1) is 21.4. The number of carbonyl (C=O) groups is 1. The van der Waals surface area contributed by atoms with E-state index in [1.165, 1.54) is 0 Å². The van der Waals surface area contributed by atoms with Gasteiger partial charge in [0.2, 0.25) is 0 Å². The van der Waals surface area contributed by atoms with E-state index in [1.807, 2.05) is 0 Å². The lowest BCUT2D eigenvalue weighted by Crippen LogP contribution is -2.15. The Balaban J connectivity index is 2.19. The van der Waals surface area contributed by atoms with Gasteiger partial charge < -0.3 is 14.6 Å². The predicted octanol–water partition coefficient (Wildman–Crippen LogP) is 3.64. The van der Waals surface area contributed by atoms with Gasteiger partial charge in [0.15, 0.2) is 23.3 Å². The Kier molecular flexibility index (Phi) is 6.32. The Morgan fingerprint density at radius 3 is 1.93 bits per heavy atom. The van der Waals surface area contributed by atoms with E-state index in [0.717, 1.165) is 7.11 Å². The molecule has 4 nitrogen and oxygen atoms in total. The standard InChI is InChI=1S/C19H22F4O4/c1-5-9(6-24)12-13(19(12,2)3)18(25)27-8-11-16(22)14(20)10(7-26-4)15(21)17(11)23/h5,12-13,24H,6-8H2,1-4H3. The van der Waals surface area contributed by atoms with Gasteiger partial charge in [0, 0.05) is 13.0 Å². The molecule has 0 bridgehead atoms. The summed E-state index contributed by atoms with van der Waals surface area (Å²) in [5.74, 6) is -8.05. The topological polar surface area (TPSA) is 55.8 Å². The van der Waals surface area contributed by atoms with Gasteiger partial charge in [0.25, 0.3) is 0 Å². The fourth-order valence-electron chi connectivity index (χ4n) is 3.49. The average Bonchev–Trinajstić information content (AvgIpc) is 3.20. The molecule has 0 spiro atoms. The maximum absolute atomic E-state index is 14.1. The minimum Gasteiger partial charge on any atom is -0.460 e. The van der Waals surface area contributed by atoms with Gasteiger partial charge in [-0.2, -0.15) is 0 Å². The van der Waals surface area contributed by atoms with E-state index in [0.29, 0.717) is 5.57 Å². The van der Waals surface area contributed by atoms with Crippen molar-refractivity contribution in [2.24, 2.45) is 17.3 Å². The predicted molar refractivity (Wildman–Crippen MR) is 88.4 cm³/mol. The van der Waals surface area contributed by atoms with Crippen molar-refractivity contribution in [3.63, 3.8) is 0 Å². The summed E-state index contributed by atoms with van der Waals surface area (Å²) in [6.07, 6.45) is 1.69. The number of hydrogen-bond acceptors (Lipinski definition) is 4. The van der Waals surface area contributed by atoms with E-state index in [-0.39, 0.29) is 12.5 Å². The van der Waals surface area contributed by atoms with Crippen LogP contribution < -0.4 is 0 Å². The van der Waals surface area contributed by atoms with Crippen LogP contribution in [0.2, 0.25) is 0 Å². The molecule has 27 heavy (non-hydrogen) atoms. The number of aliphatic hydroxyl groups excluding tert-OH is 1. The highest BCUT2D eigenvalue weighted by atomic mass is 19.2. The van der Waals surface area contributed by atoms with Crippen LogP contribution >= 0.6 is 0 Å². The molecule has 0 radical (unpaired) electrons. The van der Waals surface area contributed by atoms with Crippen molar-refractivity contribution < 1.29 is 36.9 Å². The molecule has 1 saturated carbocycles. The molecule has 8 heteroatoms. The number of hydrogen-bond donors (Lipinski definition) is 1. The molecule has 1 aromatic rings. The van der Waals surface area contributed by atoms with Gasteiger partial charge in [0.1, 0.15) is 6.61 Å². The van der Waals surface area contributed by atoms with Crippen molar-refractivity contribution in [3.8, 4) is 0 Å². The van der Waals surface area contributed by atoms with Crippen LogP contribution in [0.4, 0.5) is 17.6 Å². The van der Waals surface area contributed by atoms with E-state index in [2.05, 4.69) is 4.74 Å². The third-order valence-corrected chi connectivity index (χ3v) is 5.13. The summed E-state index contributed by atoms with van der Waals surface area (Å²) in [7, 11) is 1.13. The van der Waals surface area contributed by atoms with Gasteiger partial charge in [-0.1, -0.05) is 19.9 Å². The largest absolute Gasteiger partial charge is 0.460 e. The Bertz CT molecular complexity index is 744. The highest BCUT2D eigenvalue weighted by molar-refractivity contribution is 5.78. The Morgan fingerprint density at radius 1 is 1.04 bits per heavy atom. The number of carbonyl (C=O) groups excluding carboxylic acids is 1. The minimum atomic E-state index is -1.62. The third-order valence-electron chi connectivity index (χ3n) is 5.13. The molecule has 0 amide bonds. The number of allylic oxidation sites excluding steroid dienone is 1. The molecule has 0 saturated heterocycles. The first-order chi connectivity index (χ1) is 12.6. The average molecular weight is 390 g/mol. The zero-order chi connectivity index (χ0) is 20.5. The molecule has 2 atom stereocenters. The SMILES string of the molecule is CC=C(CO)C1C(C(=O)OCc2c(F)c(F)c(COC)c(F)c2F)C1(C)C. The van der Waals surface area contributed by atoms with Gasteiger partial charge in [-0.15, -0.1) is 0 Å². The van der Waals surface area contributed by atoms with Crippen LogP contribution in [0, 0.1) is 40.5 Å². The normalized spacial score (nSPS) is 21.3. The first-order valence-corrected chi connectivity index (χ1v) is 8.38. The third kappa shape index (κ3) is 3.73. The van der Waals surface area contributed by atoms with Gasteiger partial charge >= 0.3 is 5.97 Å². The number of esters is 1. The fraction of sp³-hybridized carbons (Fsp3) is 0.526. The number of benzene rings is 1. The lowest BCUT2D eigenvalue weighted by Gasteiger charge is -2.12. The first-order valence-electron chi connectivity index (χ1n) is 8.38. The monoisotopic (exact) mass is 390 g/mol. The summed E-state index contributed by atoms with van der Waals surface area (Å²) in [4.78, 5) is 12.3. The van der Waals surface area contributed by atoms with Crippen LogP contribution in [-0.2, 0) is 27.5 Å². The summed E-state index contributed by atoms with van der Waals surface area (Å²) in [6, 6.07) is 0. The van der Waals surface area contributed by atoms with Gasteiger partial charge in [-0.3, -0.25) is 4.79 Å². The van der Waals surface area contributed by atoms with Crippen LogP contribution in [0.1, 0.15) is 31.9 Å². The van der Waals surface area contributed by atoms with Gasteiger partial charge in [-0.05, 0) is 17.9 Å². The van der Waals surface area contributed by atoms with Gasteiger partial charge in [0.05, 0.1) is 30.3 Å². The molecule has 1 N–H and O–H groups in total. The molecule has 150 valence electrons. The summed E-state index contributed by atoms with van der Waals surface area (Å²) in [5.41, 5.74) is -1.72. The van der Waals surface area contributed by atoms with Crippen molar-refractivity contribution in [1.29, 1.82) is 0 Å². The van der Waals surface area contributed by atoms with E-state index in [4.69, 9.17) is 4.74 Å². The van der Waals surface area contributed by atoms with Crippen LogP contribution in [0.25, 0.3) is 0 Å². The zero-order valence-corrected chi connectivity index (χ0v) is 15.5. The second-order valence-electron chi connectivity index (χ2n) is 7.05. The molecule has 1 fully saturated rings. The molecular formula is C19H22F4O4. The van der Waals surface area contributed by atoms with Crippen molar-refractivity contribution in [2.45, 2.75) is 34.0 Å². The fourth-order valence-corrected chi connectivity index (χ4v) is 3.49. The highest BCUT2D eigenvalue weighted by Crippen LogP contribution is 2.62. The maximum Gasteiger partial charge on any atom is 0.310 e. The van der Waals surface area contributed by atoms with E-state index < -0.39 is 64.9 Å². The zero-order valence-electron chi connectivity index (χ0n) is 15.5. The summed E-state index contributed by atoms with van der Waals surface area (Å²) in [6.45, 7) is 3.50. The van der Waals surface area contributed by atoms with Crippen LogP contribution in [-0.4, -0.2) is 24.8 Å². The number of methoxy groups -OCH3 is 1. The van der Waals surface area contributed by atoms with Crippen molar-refractivity contribution in [3.05, 3.63) is 46.0 Å². The maximum atomic E-state index is 14.1. The van der Waals surface area contributed by atoms with Crippen molar-refractivity contribution in [1.82, 2.24) is 0 Å². The van der Waals surface area contributed by atoms with Gasteiger partial charge in [-0.25, -0.2) is 17.6 Å². The molecule has 2 unspecified atom stereocenters. The number of aliphatic hydroxyl groups is 1. The number of ether oxygens (including phenoxy) is 2. The highest BCUT2D eigenvalue weighted by Gasteiger charge is 2.63. The summed E-state index contributed by atoms with van der Waals surface area (Å²) < 4.78 is 65.5. The molecule has 0 aliphatic heterocycles. The van der Waals surface area contributed by atoms with E-state index in [1.54, 1.807) is 26.8 Å². The molecule has 2 rings (SSSR count). The second-order valence-corrected chi connectivity index (χ2v) is 7.05. The Hall–Kier alpha value is -1.93. The van der Waals surface area contributed by atoms with Crippen molar-refractivity contribution in [2.75, 3.05) is 13.7 Å². The molecule has 1 aliphatic carbocycles. The molecule has 1 aromatic carbocycles. The molecule has 1 aliphatic rings. The minimum absolute atomic E-state index is 0.227.